The van der Waals surface area contributed by atoms with Gasteiger partial charge in [0.15, 0.2) is 11.4 Å². The molecule has 0 saturated carbocycles. The van der Waals surface area contributed by atoms with E-state index >= 15 is 0 Å². The molecule has 1 atom stereocenters. The smallest absolute Gasteiger partial charge is 0.252 e. The number of hydrogen-bond acceptors (Lipinski definition) is 5. The van der Waals surface area contributed by atoms with Crippen molar-refractivity contribution in [1.82, 2.24) is 20.1 Å². The van der Waals surface area contributed by atoms with Crippen LogP contribution in [0, 0.1) is 0 Å². The number of carbonyl (C=O) groups excluding carboxylic acids is 1. The molecule has 3 aromatic rings. The van der Waals surface area contributed by atoms with Gasteiger partial charge < -0.3 is 15.5 Å². The van der Waals surface area contributed by atoms with Gasteiger partial charge in [0.2, 0.25) is 0 Å². The molecule has 0 aromatic carbocycles. The van der Waals surface area contributed by atoms with Gasteiger partial charge in [0.25, 0.3) is 5.91 Å². The van der Waals surface area contributed by atoms with Crippen molar-refractivity contribution in [3.8, 4) is 11.5 Å². The van der Waals surface area contributed by atoms with Gasteiger partial charge >= 0.3 is 0 Å². The van der Waals surface area contributed by atoms with Crippen LogP contribution >= 0.6 is 0 Å². The van der Waals surface area contributed by atoms with Crippen molar-refractivity contribution in [1.29, 1.82) is 0 Å². The number of rotatable bonds is 8. The van der Waals surface area contributed by atoms with E-state index in [1.54, 1.807) is 24.6 Å². The van der Waals surface area contributed by atoms with E-state index in [0.29, 0.717) is 29.2 Å². The molecule has 1 amide bonds. The zero-order valence-electron chi connectivity index (χ0n) is 16.1. The fourth-order valence-electron chi connectivity index (χ4n) is 3.10. The first-order valence-electron chi connectivity index (χ1n) is 9.48. The van der Waals surface area contributed by atoms with E-state index in [4.69, 9.17) is 15.1 Å². The van der Waals surface area contributed by atoms with Crippen LogP contribution in [0.2, 0.25) is 0 Å². The molecule has 0 radical (unpaired) electrons. The number of nitrogens with one attached hydrogen (secondary N) is 1. The minimum atomic E-state index is -0.162. The highest BCUT2D eigenvalue weighted by molar-refractivity contribution is 6.06. The number of furan rings is 1. The van der Waals surface area contributed by atoms with Crippen LogP contribution in [0.1, 0.15) is 56.4 Å². The van der Waals surface area contributed by atoms with E-state index in [9.17, 15) is 4.79 Å². The third-order valence-electron chi connectivity index (χ3n) is 4.60. The molecule has 7 heteroatoms. The Morgan fingerprint density at radius 1 is 1.41 bits per heavy atom. The quantitative estimate of drug-likeness (QED) is 0.633. The number of unbranched alkanes of at least 4 members (excludes halogenated alkanes) is 1. The Morgan fingerprint density at radius 3 is 2.85 bits per heavy atom. The molecule has 1 unspecified atom stereocenters. The van der Waals surface area contributed by atoms with Crippen molar-refractivity contribution in [2.45, 2.75) is 52.1 Å². The van der Waals surface area contributed by atoms with Gasteiger partial charge in [0, 0.05) is 18.6 Å². The Labute approximate surface area is 158 Å². The van der Waals surface area contributed by atoms with Crippen LogP contribution in [0.5, 0.6) is 0 Å². The summed E-state index contributed by atoms with van der Waals surface area (Å²) >= 11 is 0. The third-order valence-corrected chi connectivity index (χ3v) is 4.60. The maximum Gasteiger partial charge on any atom is 0.252 e. The second-order valence-electron chi connectivity index (χ2n) is 7.00. The van der Waals surface area contributed by atoms with Crippen LogP contribution in [0.4, 0.5) is 0 Å². The second-order valence-corrected chi connectivity index (χ2v) is 7.00. The minimum absolute atomic E-state index is 0.0483. The highest BCUT2D eigenvalue weighted by Crippen LogP contribution is 2.26. The molecule has 0 fully saturated rings. The first-order chi connectivity index (χ1) is 13.0. The Hall–Kier alpha value is -2.67. The lowest BCUT2D eigenvalue weighted by molar-refractivity contribution is 0.0937. The summed E-state index contributed by atoms with van der Waals surface area (Å²) in [7, 11) is 0. The minimum Gasteiger partial charge on any atom is -0.463 e. The van der Waals surface area contributed by atoms with Gasteiger partial charge in [-0.3, -0.25) is 4.79 Å². The van der Waals surface area contributed by atoms with Gasteiger partial charge in [-0.25, -0.2) is 9.67 Å². The summed E-state index contributed by atoms with van der Waals surface area (Å²) in [4.78, 5) is 17.7. The van der Waals surface area contributed by atoms with Crippen LogP contribution in [0.3, 0.4) is 0 Å². The second kappa shape index (κ2) is 8.35. The van der Waals surface area contributed by atoms with E-state index in [0.717, 1.165) is 24.6 Å². The highest BCUT2D eigenvalue weighted by Gasteiger charge is 2.21. The number of fused-ring (bicyclic) bond motifs is 1. The summed E-state index contributed by atoms with van der Waals surface area (Å²) in [5.74, 6) is 0.453. The van der Waals surface area contributed by atoms with Gasteiger partial charge in [0.05, 0.1) is 23.4 Å². The molecule has 0 spiro atoms. The number of nitrogens with zero attached hydrogens (tertiary/aromatic N) is 3. The molecule has 0 aliphatic heterocycles. The van der Waals surface area contributed by atoms with Crippen LogP contribution < -0.4 is 11.1 Å². The van der Waals surface area contributed by atoms with Gasteiger partial charge in [-0.05, 0) is 38.5 Å². The first-order valence-corrected chi connectivity index (χ1v) is 9.48. The number of nitrogens with two attached hydrogens (primary N) is 1. The predicted molar refractivity (Wildman–Crippen MR) is 105 cm³/mol. The van der Waals surface area contributed by atoms with Crippen LogP contribution in [0.25, 0.3) is 22.5 Å². The van der Waals surface area contributed by atoms with E-state index in [1.165, 1.54) is 0 Å². The van der Waals surface area contributed by atoms with Crippen molar-refractivity contribution in [3.05, 3.63) is 36.2 Å². The normalized spacial score (nSPS) is 12.6. The van der Waals surface area contributed by atoms with Crippen molar-refractivity contribution in [2.75, 3.05) is 6.54 Å². The molecule has 7 nitrogen and oxygen atoms in total. The SMILES string of the molecule is CCCCC(CN)NC(=O)c1cc(-c2ccco2)nc2c1cnn2C(C)C. The number of amides is 1. The van der Waals surface area contributed by atoms with E-state index < -0.39 is 0 Å². The van der Waals surface area contributed by atoms with E-state index in [-0.39, 0.29) is 18.0 Å². The van der Waals surface area contributed by atoms with Gasteiger partial charge in [0.1, 0.15) is 5.69 Å². The molecule has 144 valence electrons. The fraction of sp³-hybridized carbons (Fsp3) is 0.450. The van der Waals surface area contributed by atoms with Gasteiger partial charge in [-0.15, -0.1) is 0 Å². The molecular formula is C20H27N5O2. The van der Waals surface area contributed by atoms with Gasteiger partial charge in [-0.2, -0.15) is 5.10 Å². The lowest BCUT2D eigenvalue weighted by Gasteiger charge is -2.17. The highest BCUT2D eigenvalue weighted by atomic mass is 16.3. The lowest BCUT2D eigenvalue weighted by Crippen LogP contribution is -2.40. The number of hydrogen-bond donors (Lipinski definition) is 2. The predicted octanol–water partition coefficient (Wildman–Crippen LogP) is 3.52. The average molecular weight is 369 g/mol. The monoisotopic (exact) mass is 369 g/mol. The van der Waals surface area contributed by atoms with Crippen molar-refractivity contribution in [3.63, 3.8) is 0 Å². The maximum atomic E-state index is 13.0. The molecule has 0 bridgehead atoms. The molecule has 0 aliphatic rings. The maximum absolute atomic E-state index is 13.0. The molecule has 3 heterocycles. The summed E-state index contributed by atoms with van der Waals surface area (Å²) in [6.45, 7) is 6.60. The zero-order chi connectivity index (χ0) is 19.4. The standard InChI is InChI=1S/C20H27N5O2/c1-4-5-7-14(11-21)23-20(26)15-10-17(18-8-6-9-27-18)24-19-16(15)12-22-25(19)13(2)3/h6,8-10,12-14H,4-5,7,11,21H2,1-3H3,(H,23,26). The number of carbonyl (C=O) groups is 1. The van der Waals surface area contributed by atoms with Crippen molar-refractivity contribution in [2.24, 2.45) is 5.73 Å². The molecule has 3 N–H and O–H groups in total. The molecule has 0 aliphatic carbocycles. The molecular weight excluding hydrogens is 342 g/mol. The Morgan fingerprint density at radius 2 is 2.22 bits per heavy atom. The Balaban J connectivity index is 2.04. The average Bonchev–Trinajstić information content (AvgIpc) is 3.33. The molecule has 3 aromatic heterocycles. The largest absolute Gasteiger partial charge is 0.463 e. The Bertz CT molecular complexity index is 899. The summed E-state index contributed by atoms with van der Waals surface area (Å²) in [6.07, 6.45) is 6.25. The molecule has 27 heavy (non-hydrogen) atoms. The van der Waals surface area contributed by atoms with Gasteiger partial charge in [-0.1, -0.05) is 19.8 Å². The molecule has 0 saturated heterocycles. The zero-order valence-corrected chi connectivity index (χ0v) is 16.1. The van der Waals surface area contributed by atoms with Crippen molar-refractivity contribution >= 4 is 16.9 Å². The molecule has 3 rings (SSSR count). The number of pyridine rings is 1. The van der Waals surface area contributed by atoms with Crippen LogP contribution in [0.15, 0.2) is 35.1 Å². The van der Waals surface area contributed by atoms with Crippen molar-refractivity contribution < 1.29 is 9.21 Å². The Kier molecular flexibility index (Phi) is 5.91. The summed E-state index contributed by atoms with van der Waals surface area (Å²) in [5.41, 5.74) is 7.66. The lowest BCUT2D eigenvalue weighted by atomic mass is 10.1. The summed E-state index contributed by atoms with van der Waals surface area (Å²) < 4.78 is 7.31. The number of aromatic nitrogens is 3. The van der Waals surface area contributed by atoms with Crippen LogP contribution in [-0.2, 0) is 0 Å². The topological polar surface area (TPSA) is 99.0 Å². The van der Waals surface area contributed by atoms with E-state index in [1.807, 2.05) is 24.6 Å². The summed E-state index contributed by atoms with van der Waals surface area (Å²) in [6, 6.07) is 5.47. The fourth-order valence-corrected chi connectivity index (χ4v) is 3.10. The summed E-state index contributed by atoms with van der Waals surface area (Å²) in [5, 5.41) is 8.21. The third kappa shape index (κ3) is 4.03. The first kappa shape index (κ1) is 19.1. The van der Waals surface area contributed by atoms with Crippen LogP contribution in [-0.4, -0.2) is 33.3 Å². The van der Waals surface area contributed by atoms with E-state index in [2.05, 4.69) is 17.3 Å².